The van der Waals surface area contributed by atoms with E-state index in [1.165, 1.54) is 19.1 Å². The van der Waals surface area contributed by atoms with Gasteiger partial charge >= 0.3 is 0 Å². The van der Waals surface area contributed by atoms with E-state index >= 15 is 0 Å². The Morgan fingerprint density at radius 3 is 2.57 bits per heavy atom. The van der Waals surface area contributed by atoms with E-state index in [0.717, 1.165) is 0 Å². The minimum absolute atomic E-state index is 0.316. The normalized spacial score (nSPS) is 14.9. The van der Waals surface area contributed by atoms with Crippen molar-refractivity contribution in [1.82, 2.24) is 0 Å². The zero-order valence-corrected chi connectivity index (χ0v) is 9.02. The van der Waals surface area contributed by atoms with Gasteiger partial charge in [-0.1, -0.05) is 23.2 Å². The van der Waals surface area contributed by atoms with Crippen LogP contribution in [0.1, 0.15) is 12.5 Å². The van der Waals surface area contributed by atoms with E-state index in [-0.39, 0.29) is 0 Å². The van der Waals surface area contributed by atoms with Gasteiger partial charge in [-0.25, -0.2) is 0 Å². The number of hydrogen-bond acceptors (Lipinski definition) is 2. The van der Waals surface area contributed by atoms with Crippen LogP contribution in [0.2, 0.25) is 10.0 Å². The third-order valence-corrected chi connectivity index (χ3v) is 2.54. The smallest absolute Gasteiger partial charge is 0.159 e. The van der Waals surface area contributed by atoms with Crippen molar-refractivity contribution in [3.05, 3.63) is 33.8 Å². The summed E-state index contributed by atoms with van der Waals surface area (Å²) < 4.78 is 0. The fourth-order valence-electron chi connectivity index (χ4n) is 1.03. The maximum absolute atomic E-state index is 10.8. The molecule has 3 N–H and O–H groups in total. The van der Waals surface area contributed by atoms with Crippen molar-refractivity contribution in [2.24, 2.45) is 0 Å². The Bertz CT molecular complexity index is 377. The summed E-state index contributed by atoms with van der Waals surface area (Å²) in [6.07, 6.45) is 0. The lowest BCUT2D eigenvalue weighted by molar-refractivity contribution is -0.489. The molecule has 0 saturated carbocycles. The van der Waals surface area contributed by atoms with Crippen molar-refractivity contribution in [2.75, 3.05) is 0 Å². The number of benzene rings is 1. The number of carbonyl (C=O) groups is 1. The van der Waals surface area contributed by atoms with Crippen molar-refractivity contribution in [2.45, 2.75) is 12.5 Å². The Morgan fingerprint density at radius 2 is 2.07 bits per heavy atom. The summed E-state index contributed by atoms with van der Waals surface area (Å²) in [5, 5.41) is 11.5. The molecule has 5 heteroatoms. The Labute approximate surface area is 91.4 Å². The van der Waals surface area contributed by atoms with Crippen LogP contribution >= 0.6 is 23.2 Å². The molecule has 3 nitrogen and oxygen atoms in total. The fraction of sp³-hybridized carbons (Fsp3) is 0.222. The second-order valence-electron chi connectivity index (χ2n) is 3.24. The summed E-state index contributed by atoms with van der Waals surface area (Å²) in [6, 6.07) is 4.59. The summed E-state index contributed by atoms with van der Waals surface area (Å²) in [4.78, 5) is 10.8. The molecular formula is C9H9Cl2NO2. The predicted octanol–water partition coefficient (Wildman–Crippen LogP) is 0.200. The van der Waals surface area contributed by atoms with Gasteiger partial charge in [-0.3, -0.25) is 0 Å². The van der Waals surface area contributed by atoms with Crippen molar-refractivity contribution in [1.29, 1.82) is 0 Å². The van der Waals surface area contributed by atoms with Gasteiger partial charge in [-0.2, -0.15) is 0 Å². The quantitative estimate of drug-likeness (QED) is 0.794. The van der Waals surface area contributed by atoms with Gasteiger partial charge in [0.15, 0.2) is 5.54 Å². The summed E-state index contributed by atoms with van der Waals surface area (Å²) in [5.41, 5.74) is 2.50. The lowest BCUT2D eigenvalue weighted by Crippen LogP contribution is -2.75. The molecular weight excluding hydrogens is 225 g/mol. The largest absolute Gasteiger partial charge is 0.543 e. The molecule has 14 heavy (non-hydrogen) atoms. The van der Waals surface area contributed by atoms with Crippen LogP contribution < -0.4 is 10.8 Å². The van der Waals surface area contributed by atoms with Gasteiger partial charge in [-0.15, -0.1) is 0 Å². The first-order valence-corrected chi connectivity index (χ1v) is 4.63. The van der Waals surface area contributed by atoms with E-state index in [4.69, 9.17) is 23.2 Å². The van der Waals surface area contributed by atoms with Gasteiger partial charge in [0, 0.05) is 17.5 Å². The topological polar surface area (TPSA) is 67.8 Å². The molecule has 1 aromatic carbocycles. The first kappa shape index (κ1) is 11.3. The van der Waals surface area contributed by atoms with E-state index in [2.05, 4.69) is 5.73 Å². The van der Waals surface area contributed by atoms with Crippen LogP contribution in [0.5, 0.6) is 0 Å². The van der Waals surface area contributed by atoms with Crippen molar-refractivity contribution in [3.63, 3.8) is 0 Å². The average molecular weight is 234 g/mol. The van der Waals surface area contributed by atoms with E-state index in [1.54, 1.807) is 6.07 Å². The van der Waals surface area contributed by atoms with Crippen LogP contribution in [0.25, 0.3) is 0 Å². The van der Waals surface area contributed by atoms with E-state index in [0.29, 0.717) is 15.6 Å². The Balaban J connectivity index is 3.31. The summed E-state index contributed by atoms with van der Waals surface area (Å²) in [7, 11) is 0. The third-order valence-electron chi connectivity index (χ3n) is 1.97. The highest BCUT2D eigenvalue weighted by Crippen LogP contribution is 2.27. The lowest BCUT2D eigenvalue weighted by atomic mass is 9.93. The molecule has 0 aliphatic heterocycles. The number of rotatable bonds is 2. The first-order chi connectivity index (χ1) is 6.35. The second-order valence-corrected chi connectivity index (χ2v) is 4.09. The van der Waals surface area contributed by atoms with E-state index in [9.17, 15) is 9.90 Å². The van der Waals surface area contributed by atoms with Crippen molar-refractivity contribution in [3.8, 4) is 0 Å². The van der Waals surface area contributed by atoms with Crippen LogP contribution in [-0.2, 0) is 10.3 Å². The zero-order valence-electron chi connectivity index (χ0n) is 7.51. The number of halogens is 2. The number of hydrogen-bond donors (Lipinski definition) is 1. The van der Waals surface area contributed by atoms with Crippen LogP contribution in [0.4, 0.5) is 0 Å². The van der Waals surface area contributed by atoms with Crippen molar-refractivity contribution < 1.29 is 15.6 Å². The number of quaternary nitrogens is 1. The van der Waals surface area contributed by atoms with E-state index in [1.807, 2.05) is 0 Å². The van der Waals surface area contributed by atoms with Gasteiger partial charge in [-0.05, 0) is 18.2 Å². The molecule has 0 unspecified atom stereocenters. The molecule has 0 aromatic heterocycles. The molecule has 0 aliphatic carbocycles. The molecule has 76 valence electrons. The Morgan fingerprint density at radius 1 is 1.50 bits per heavy atom. The van der Waals surface area contributed by atoms with Gasteiger partial charge in [0.05, 0.1) is 5.02 Å². The number of carboxylic acids is 1. The standard InChI is InChI=1S/C9H9Cl2NO2/c1-9(12,8(13)14)6-4-5(10)2-3-7(6)11/h2-4H,12H2,1H3,(H,13,14)/t9-/m0/s1. The fourth-order valence-corrected chi connectivity index (χ4v) is 1.53. The zero-order chi connectivity index (χ0) is 10.9. The lowest BCUT2D eigenvalue weighted by Gasteiger charge is -2.23. The highest BCUT2D eigenvalue weighted by molar-refractivity contribution is 6.33. The summed E-state index contributed by atoms with van der Waals surface area (Å²) in [6.45, 7) is 1.42. The summed E-state index contributed by atoms with van der Waals surface area (Å²) >= 11 is 11.6. The number of carbonyl (C=O) groups excluding carboxylic acids is 1. The van der Waals surface area contributed by atoms with E-state index < -0.39 is 11.5 Å². The number of carboxylic acid groups (broad SMARTS) is 1. The molecule has 1 aromatic rings. The maximum atomic E-state index is 10.8. The molecule has 1 rings (SSSR count). The van der Waals surface area contributed by atoms with Crippen LogP contribution in [-0.4, -0.2) is 5.97 Å². The minimum Gasteiger partial charge on any atom is -0.543 e. The minimum atomic E-state index is -1.39. The Kier molecular flexibility index (Phi) is 3.04. The monoisotopic (exact) mass is 233 g/mol. The van der Waals surface area contributed by atoms with Crippen LogP contribution in [0.15, 0.2) is 18.2 Å². The van der Waals surface area contributed by atoms with Crippen LogP contribution in [0, 0.1) is 0 Å². The van der Waals surface area contributed by atoms with Gasteiger partial charge < -0.3 is 15.6 Å². The highest BCUT2D eigenvalue weighted by Gasteiger charge is 2.29. The molecule has 0 saturated heterocycles. The predicted molar refractivity (Wildman–Crippen MR) is 51.7 cm³/mol. The van der Waals surface area contributed by atoms with Crippen LogP contribution in [0.3, 0.4) is 0 Å². The number of aliphatic carboxylic acids is 1. The van der Waals surface area contributed by atoms with Gasteiger partial charge in [0.25, 0.3) is 0 Å². The van der Waals surface area contributed by atoms with Gasteiger partial charge in [0.2, 0.25) is 0 Å². The van der Waals surface area contributed by atoms with Crippen molar-refractivity contribution >= 4 is 29.2 Å². The molecule has 0 bridgehead atoms. The molecule has 0 aliphatic rings. The molecule has 0 spiro atoms. The molecule has 0 radical (unpaired) electrons. The molecule has 0 heterocycles. The summed E-state index contributed by atoms with van der Waals surface area (Å²) in [5.74, 6) is -1.29. The van der Waals surface area contributed by atoms with Gasteiger partial charge in [0.1, 0.15) is 5.97 Å². The third kappa shape index (κ3) is 2.00. The highest BCUT2D eigenvalue weighted by atomic mass is 35.5. The maximum Gasteiger partial charge on any atom is 0.159 e. The first-order valence-electron chi connectivity index (χ1n) is 3.88. The average Bonchev–Trinajstić information content (AvgIpc) is 2.08. The SMILES string of the molecule is C[C@@]([NH3+])(C(=O)[O-])c1cc(Cl)ccc1Cl. The molecule has 1 atom stereocenters. The molecule has 0 fully saturated rings. The Hall–Kier alpha value is -0.770. The second kappa shape index (κ2) is 3.77. The molecule has 0 amide bonds.